The smallest absolute Gasteiger partial charge is 0.488 e. The molecule has 1 aliphatic carbocycles. The standard InChI is InChI=1S/C24H27N5O3.C2HF3O2/c1-3-31-21-9-6-10-26-24(21)32-19-11-17(12-25-15-19)22-27-13-18(14-28-22)23(30)29-20-8-5-4-7-16(20)2;3-2(4,5)1(6)7/h6,9-16,20H,3-5,7-8H2,1-2H3,(H,29,30);(H,6,7)/t16-,20-;/m1./s1. The van der Waals surface area contributed by atoms with Crippen LogP contribution in [0.25, 0.3) is 11.4 Å². The lowest BCUT2D eigenvalue weighted by Gasteiger charge is -2.29. The lowest BCUT2D eigenvalue weighted by Crippen LogP contribution is -2.41. The highest BCUT2D eigenvalue weighted by molar-refractivity contribution is 5.93. The number of carboxylic acid groups (broad SMARTS) is 1. The number of aliphatic carboxylic acids is 1. The van der Waals surface area contributed by atoms with Crippen LogP contribution in [-0.2, 0) is 4.79 Å². The van der Waals surface area contributed by atoms with Gasteiger partial charge in [-0.05, 0) is 43.9 Å². The minimum absolute atomic E-state index is 0.135. The lowest BCUT2D eigenvalue weighted by atomic mass is 9.86. The average molecular weight is 548 g/mol. The quantitative estimate of drug-likeness (QED) is 0.416. The fourth-order valence-corrected chi connectivity index (χ4v) is 3.80. The summed E-state index contributed by atoms with van der Waals surface area (Å²) in [5.74, 6) is -0.548. The Bertz CT molecular complexity index is 1260. The number of pyridine rings is 2. The summed E-state index contributed by atoms with van der Waals surface area (Å²) in [6.07, 6.45) is 7.43. The SMILES string of the molecule is CCOc1cccnc1Oc1cncc(-c2ncc(C(=O)N[C@@H]3CCCC[C@H]3C)cn2)c1.O=C(O)C(F)(F)F. The van der Waals surface area contributed by atoms with E-state index in [2.05, 4.69) is 32.2 Å². The molecule has 0 spiro atoms. The van der Waals surface area contributed by atoms with E-state index in [1.807, 2.05) is 6.92 Å². The Morgan fingerprint density at radius 3 is 2.44 bits per heavy atom. The van der Waals surface area contributed by atoms with Gasteiger partial charge in [0.1, 0.15) is 5.75 Å². The van der Waals surface area contributed by atoms with Crippen LogP contribution in [0.4, 0.5) is 13.2 Å². The second-order valence-corrected chi connectivity index (χ2v) is 8.69. The molecule has 1 saturated carbocycles. The number of aromatic nitrogens is 4. The van der Waals surface area contributed by atoms with Crippen molar-refractivity contribution in [2.24, 2.45) is 5.92 Å². The molecule has 13 heteroatoms. The molecule has 1 aliphatic rings. The number of carbonyl (C=O) groups excluding carboxylic acids is 1. The van der Waals surface area contributed by atoms with Crippen LogP contribution < -0.4 is 14.8 Å². The second kappa shape index (κ2) is 13.5. The van der Waals surface area contributed by atoms with Gasteiger partial charge >= 0.3 is 12.1 Å². The summed E-state index contributed by atoms with van der Waals surface area (Å²) in [5, 5.41) is 10.3. The minimum Gasteiger partial charge on any atom is -0.488 e. The van der Waals surface area contributed by atoms with Crippen molar-refractivity contribution in [2.45, 2.75) is 51.7 Å². The van der Waals surface area contributed by atoms with Gasteiger partial charge < -0.3 is 19.9 Å². The Kier molecular flexibility index (Phi) is 10.1. The van der Waals surface area contributed by atoms with Crippen LogP contribution in [0.15, 0.2) is 49.2 Å². The first-order valence-corrected chi connectivity index (χ1v) is 12.2. The molecule has 1 amide bonds. The predicted octanol–water partition coefficient (Wildman–Crippen LogP) is 5.07. The number of halogens is 3. The van der Waals surface area contributed by atoms with E-state index in [9.17, 15) is 18.0 Å². The van der Waals surface area contributed by atoms with Gasteiger partial charge in [0.05, 0.1) is 18.4 Å². The molecule has 0 radical (unpaired) electrons. The number of alkyl halides is 3. The highest BCUT2D eigenvalue weighted by Crippen LogP contribution is 2.30. The monoisotopic (exact) mass is 547 g/mol. The van der Waals surface area contributed by atoms with Crippen LogP contribution >= 0.6 is 0 Å². The summed E-state index contributed by atoms with van der Waals surface area (Å²) in [5.41, 5.74) is 1.12. The molecule has 4 rings (SSSR count). The maximum Gasteiger partial charge on any atom is 0.490 e. The number of ether oxygens (including phenoxy) is 2. The molecule has 0 aliphatic heterocycles. The first-order valence-electron chi connectivity index (χ1n) is 12.2. The van der Waals surface area contributed by atoms with Crippen LogP contribution in [-0.4, -0.2) is 55.7 Å². The normalized spacial score (nSPS) is 16.8. The van der Waals surface area contributed by atoms with E-state index in [-0.39, 0.29) is 11.9 Å². The molecule has 39 heavy (non-hydrogen) atoms. The molecule has 10 nitrogen and oxygen atoms in total. The summed E-state index contributed by atoms with van der Waals surface area (Å²) in [6, 6.07) is 5.56. The topological polar surface area (TPSA) is 136 Å². The van der Waals surface area contributed by atoms with E-state index in [4.69, 9.17) is 19.4 Å². The van der Waals surface area contributed by atoms with Crippen molar-refractivity contribution in [1.82, 2.24) is 25.3 Å². The predicted molar refractivity (Wildman–Crippen MR) is 133 cm³/mol. The number of amides is 1. The number of hydrogen-bond acceptors (Lipinski definition) is 8. The molecular weight excluding hydrogens is 519 g/mol. The Balaban J connectivity index is 0.000000532. The van der Waals surface area contributed by atoms with Crippen LogP contribution in [0.1, 0.15) is 49.9 Å². The molecule has 3 heterocycles. The number of hydrogen-bond donors (Lipinski definition) is 2. The van der Waals surface area contributed by atoms with Gasteiger partial charge in [-0.3, -0.25) is 9.78 Å². The zero-order valence-electron chi connectivity index (χ0n) is 21.3. The van der Waals surface area contributed by atoms with Crippen LogP contribution in [0.5, 0.6) is 17.4 Å². The molecule has 3 aromatic rings. The third-order valence-electron chi connectivity index (χ3n) is 5.81. The van der Waals surface area contributed by atoms with E-state index >= 15 is 0 Å². The molecule has 208 valence electrons. The highest BCUT2D eigenvalue weighted by atomic mass is 19.4. The molecular formula is C26H28F3N5O5. The summed E-state index contributed by atoms with van der Waals surface area (Å²) >= 11 is 0. The molecule has 2 N–H and O–H groups in total. The summed E-state index contributed by atoms with van der Waals surface area (Å²) < 4.78 is 43.1. The number of nitrogens with one attached hydrogen (secondary N) is 1. The molecule has 0 bridgehead atoms. The summed E-state index contributed by atoms with van der Waals surface area (Å²) in [6.45, 7) is 4.60. The van der Waals surface area contributed by atoms with E-state index in [0.29, 0.717) is 46.9 Å². The van der Waals surface area contributed by atoms with Gasteiger partial charge in [-0.1, -0.05) is 19.8 Å². The lowest BCUT2D eigenvalue weighted by molar-refractivity contribution is -0.192. The Hall–Kier alpha value is -4.29. The highest BCUT2D eigenvalue weighted by Gasteiger charge is 2.38. The Labute approximate surface area is 222 Å². The van der Waals surface area contributed by atoms with Gasteiger partial charge in [0.2, 0.25) is 0 Å². The van der Waals surface area contributed by atoms with Gasteiger partial charge in [0.15, 0.2) is 11.6 Å². The van der Waals surface area contributed by atoms with E-state index in [1.165, 1.54) is 6.42 Å². The maximum atomic E-state index is 12.6. The Morgan fingerprint density at radius 1 is 1.10 bits per heavy atom. The van der Waals surface area contributed by atoms with Crippen molar-refractivity contribution >= 4 is 11.9 Å². The fourth-order valence-electron chi connectivity index (χ4n) is 3.80. The average Bonchev–Trinajstić information content (AvgIpc) is 2.91. The van der Waals surface area contributed by atoms with Gasteiger partial charge in [0.25, 0.3) is 11.8 Å². The van der Waals surface area contributed by atoms with Crippen LogP contribution in [0, 0.1) is 5.92 Å². The molecule has 0 saturated heterocycles. The number of carbonyl (C=O) groups is 2. The molecule has 1 fully saturated rings. The molecule has 3 aromatic heterocycles. The van der Waals surface area contributed by atoms with E-state index in [0.717, 1.165) is 19.3 Å². The summed E-state index contributed by atoms with van der Waals surface area (Å²) in [7, 11) is 0. The Morgan fingerprint density at radius 2 is 1.79 bits per heavy atom. The minimum atomic E-state index is -5.08. The van der Waals surface area contributed by atoms with Crippen molar-refractivity contribution in [1.29, 1.82) is 0 Å². The zero-order chi connectivity index (χ0) is 28.4. The number of nitrogens with zero attached hydrogens (tertiary/aromatic N) is 4. The van der Waals surface area contributed by atoms with Crippen LogP contribution in [0.2, 0.25) is 0 Å². The van der Waals surface area contributed by atoms with Gasteiger partial charge in [0, 0.05) is 36.4 Å². The second-order valence-electron chi connectivity index (χ2n) is 8.69. The molecule has 0 unspecified atom stereocenters. The van der Waals surface area contributed by atoms with Crippen molar-refractivity contribution in [3.05, 3.63) is 54.7 Å². The number of rotatable bonds is 7. The van der Waals surface area contributed by atoms with Crippen molar-refractivity contribution in [3.8, 4) is 28.8 Å². The maximum absolute atomic E-state index is 12.6. The molecule has 2 atom stereocenters. The van der Waals surface area contributed by atoms with Crippen molar-refractivity contribution in [3.63, 3.8) is 0 Å². The largest absolute Gasteiger partial charge is 0.490 e. The van der Waals surface area contributed by atoms with Gasteiger partial charge in [-0.15, -0.1) is 0 Å². The van der Waals surface area contributed by atoms with Gasteiger partial charge in [-0.25, -0.2) is 19.7 Å². The van der Waals surface area contributed by atoms with E-state index in [1.54, 1.807) is 49.2 Å². The third-order valence-corrected chi connectivity index (χ3v) is 5.81. The summed E-state index contributed by atoms with van der Waals surface area (Å²) in [4.78, 5) is 38.7. The van der Waals surface area contributed by atoms with Crippen molar-refractivity contribution in [2.75, 3.05) is 6.61 Å². The number of carboxylic acids is 1. The third kappa shape index (κ3) is 8.62. The first kappa shape index (κ1) is 29.3. The zero-order valence-corrected chi connectivity index (χ0v) is 21.3. The van der Waals surface area contributed by atoms with E-state index < -0.39 is 12.1 Å². The first-order chi connectivity index (χ1) is 18.6. The molecule has 0 aromatic carbocycles. The van der Waals surface area contributed by atoms with Gasteiger partial charge in [-0.2, -0.15) is 13.2 Å². The van der Waals surface area contributed by atoms with Crippen molar-refractivity contribution < 1.29 is 37.3 Å². The fraction of sp³-hybridized carbons (Fsp3) is 0.385. The van der Waals surface area contributed by atoms with Crippen LogP contribution in [0.3, 0.4) is 0 Å².